The Labute approximate surface area is 133 Å². The molecule has 0 aliphatic carbocycles. The molecule has 0 fully saturated rings. The monoisotopic (exact) mass is 312 g/mol. The van der Waals surface area contributed by atoms with Gasteiger partial charge < -0.3 is 10.1 Å². The molecule has 2 aromatic heterocycles. The number of rotatable bonds is 4. The maximum absolute atomic E-state index is 5.33. The maximum Gasteiger partial charge on any atom is 0.227 e. The van der Waals surface area contributed by atoms with E-state index < -0.39 is 0 Å². The average Bonchev–Trinajstić information content (AvgIpc) is 2.87. The van der Waals surface area contributed by atoms with Crippen molar-refractivity contribution >= 4 is 23.0 Å². The number of aryl methyl sites for hydroxylation is 2. The van der Waals surface area contributed by atoms with Crippen LogP contribution in [0, 0.1) is 13.8 Å². The van der Waals surface area contributed by atoms with Crippen LogP contribution in [-0.2, 0) is 0 Å². The van der Waals surface area contributed by atoms with Gasteiger partial charge in [-0.25, -0.2) is 15.0 Å². The molecule has 2 heterocycles. The van der Waals surface area contributed by atoms with E-state index in [1.54, 1.807) is 24.6 Å². The first-order chi connectivity index (χ1) is 10.7. The van der Waals surface area contributed by atoms with Gasteiger partial charge in [-0.15, -0.1) is 11.3 Å². The van der Waals surface area contributed by atoms with E-state index in [2.05, 4.69) is 20.3 Å². The van der Waals surface area contributed by atoms with Gasteiger partial charge in [-0.05, 0) is 32.0 Å². The molecule has 112 valence electrons. The van der Waals surface area contributed by atoms with Crippen molar-refractivity contribution in [2.75, 3.05) is 12.4 Å². The molecule has 0 unspecified atom stereocenters. The standard InChI is InChI=1S/C16H16N4OS/c1-10-15(22-11(2)18-10)13-8-9-17-16(20-13)19-12-6-4-5-7-14(12)21-3/h4-9H,1-3H3,(H,17,19,20). The maximum atomic E-state index is 5.33. The van der Waals surface area contributed by atoms with Crippen LogP contribution < -0.4 is 10.1 Å². The molecule has 1 N–H and O–H groups in total. The minimum atomic E-state index is 0.535. The third kappa shape index (κ3) is 2.92. The van der Waals surface area contributed by atoms with Crippen molar-refractivity contribution in [2.45, 2.75) is 13.8 Å². The van der Waals surface area contributed by atoms with E-state index >= 15 is 0 Å². The predicted molar refractivity (Wildman–Crippen MR) is 88.9 cm³/mol. The van der Waals surface area contributed by atoms with Gasteiger partial charge in [0.25, 0.3) is 0 Å². The molecule has 0 bridgehead atoms. The van der Waals surface area contributed by atoms with Crippen LogP contribution in [0.15, 0.2) is 36.5 Å². The summed E-state index contributed by atoms with van der Waals surface area (Å²) in [4.78, 5) is 14.4. The van der Waals surface area contributed by atoms with Gasteiger partial charge in [-0.3, -0.25) is 0 Å². The summed E-state index contributed by atoms with van der Waals surface area (Å²) in [5, 5.41) is 4.23. The van der Waals surface area contributed by atoms with E-state index in [1.165, 1.54) is 0 Å². The van der Waals surface area contributed by atoms with Crippen molar-refractivity contribution in [1.29, 1.82) is 0 Å². The zero-order valence-corrected chi connectivity index (χ0v) is 13.4. The fraction of sp³-hybridized carbons (Fsp3) is 0.188. The molecule has 3 rings (SSSR count). The smallest absolute Gasteiger partial charge is 0.227 e. The number of anilines is 2. The fourth-order valence-electron chi connectivity index (χ4n) is 2.18. The number of hydrogen-bond donors (Lipinski definition) is 1. The van der Waals surface area contributed by atoms with Crippen LogP contribution in [-0.4, -0.2) is 22.1 Å². The van der Waals surface area contributed by atoms with E-state index in [0.717, 1.165) is 32.7 Å². The Bertz CT molecular complexity index is 800. The van der Waals surface area contributed by atoms with Gasteiger partial charge in [-0.1, -0.05) is 12.1 Å². The molecule has 6 heteroatoms. The Kier molecular flexibility index (Phi) is 4.02. The molecule has 3 aromatic rings. The number of para-hydroxylation sites is 2. The zero-order chi connectivity index (χ0) is 15.5. The van der Waals surface area contributed by atoms with E-state index in [9.17, 15) is 0 Å². The number of nitrogens with one attached hydrogen (secondary N) is 1. The number of benzene rings is 1. The predicted octanol–water partition coefficient (Wildman–Crippen LogP) is 3.97. The number of thiazole rings is 1. The first-order valence-corrected chi connectivity index (χ1v) is 7.66. The molecule has 1 aromatic carbocycles. The molecule has 0 amide bonds. The van der Waals surface area contributed by atoms with Crippen LogP contribution in [0.2, 0.25) is 0 Å². The second kappa shape index (κ2) is 6.11. The minimum Gasteiger partial charge on any atom is -0.495 e. The van der Waals surface area contributed by atoms with E-state index in [4.69, 9.17) is 4.74 Å². The molecule has 0 saturated heterocycles. The van der Waals surface area contributed by atoms with Crippen molar-refractivity contribution in [1.82, 2.24) is 15.0 Å². The molecule has 0 aliphatic rings. The lowest BCUT2D eigenvalue weighted by molar-refractivity contribution is 0.417. The highest BCUT2D eigenvalue weighted by atomic mass is 32.1. The first kappa shape index (κ1) is 14.5. The Hall–Kier alpha value is -2.47. The second-order valence-electron chi connectivity index (χ2n) is 4.74. The Morgan fingerprint density at radius 2 is 1.91 bits per heavy atom. The average molecular weight is 312 g/mol. The van der Waals surface area contributed by atoms with Gasteiger partial charge in [0.2, 0.25) is 5.95 Å². The van der Waals surface area contributed by atoms with Gasteiger partial charge in [-0.2, -0.15) is 0 Å². The van der Waals surface area contributed by atoms with Crippen molar-refractivity contribution < 1.29 is 4.74 Å². The highest BCUT2D eigenvalue weighted by Crippen LogP contribution is 2.30. The van der Waals surface area contributed by atoms with Gasteiger partial charge in [0.05, 0.1) is 34.1 Å². The number of nitrogens with zero attached hydrogens (tertiary/aromatic N) is 3. The second-order valence-corrected chi connectivity index (χ2v) is 5.94. The molecule has 0 aliphatic heterocycles. The van der Waals surface area contributed by atoms with Crippen molar-refractivity contribution in [3.8, 4) is 16.3 Å². The Morgan fingerprint density at radius 3 is 2.64 bits per heavy atom. The summed E-state index contributed by atoms with van der Waals surface area (Å²) < 4.78 is 5.33. The Balaban J connectivity index is 1.93. The Morgan fingerprint density at radius 1 is 1.09 bits per heavy atom. The lowest BCUT2D eigenvalue weighted by Crippen LogP contribution is -1.99. The van der Waals surface area contributed by atoms with Gasteiger partial charge in [0.1, 0.15) is 5.75 Å². The third-order valence-corrected chi connectivity index (χ3v) is 4.24. The summed E-state index contributed by atoms with van der Waals surface area (Å²) in [6, 6.07) is 9.57. The van der Waals surface area contributed by atoms with Gasteiger partial charge in [0, 0.05) is 6.20 Å². The highest BCUT2D eigenvalue weighted by Gasteiger charge is 2.11. The highest BCUT2D eigenvalue weighted by molar-refractivity contribution is 7.15. The summed E-state index contributed by atoms with van der Waals surface area (Å²) in [6.07, 6.45) is 1.74. The number of ether oxygens (including phenoxy) is 1. The van der Waals surface area contributed by atoms with Crippen molar-refractivity contribution in [3.05, 3.63) is 47.2 Å². The van der Waals surface area contributed by atoms with E-state index in [-0.39, 0.29) is 0 Å². The molecule has 0 spiro atoms. The lowest BCUT2D eigenvalue weighted by atomic mass is 10.3. The normalized spacial score (nSPS) is 10.5. The molecule has 0 atom stereocenters. The molecule has 5 nitrogen and oxygen atoms in total. The molecule has 0 radical (unpaired) electrons. The quantitative estimate of drug-likeness (QED) is 0.790. The van der Waals surface area contributed by atoms with Crippen LogP contribution in [0.4, 0.5) is 11.6 Å². The fourth-order valence-corrected chi connectivity index (χ4v) is 3.07. The topological polar surface area (TPSA) is 59.9 Å². The van der Waals surface area contributed by atoms with Crippen LogP contribution in [0.25, 0.3) is 10.6 Å². The van der Waals surface area contributed by atoms with E-state index in [0.29, 0.717) is 5.95 Å². The van der Waals surface area contributed by atoms with Crippen molar-refractivity contribution in [3.63, 3.8) is 0 Å². The van der Waals surface area contributed by atoms with Gasteiger partial charge >= 0.3 is 0 Å². The number of hydrogen-bond acceptors (Lipinski definition) is 6. The first-order valence-electron chi connectivity index (χ1n) is 6.85. The van der Waals surface area contributed by atoms with Gasteiger partial charge in [0.15, 0.2) is 0 Å². The van der Waals surface area contributed by atoms with Crippen LogP contribution in [0.3, 0.4) is 0 Å². The molecule has 0 saturated carbocycles. The lowest BCUT2D eigenvalue weighted by Gasteiger charge is -2.10. The summed E-state index contributed by atoms with van der Waals surface area (Å²) in [5.74, 6) is 1.29. The van der Waals surface area contributed by atoms with Crippen LogP contribution in [0.1, 0.15) is 10.7 Å². The molecular formula is C16H16N4OS. The largest absolute Gasteiger partial charge is 0.495 e. The van der Waals surface area contributed by atoms with Crippen LogP contribution >= 0.6 is 11.3 Å². The summed E-state index contributed by atoms with van der Waals surface area (Å²) in [7, 11) is 1.64. The van der Waals surface area contributed by atoms with Crippen LogP contribution in [0.5, 0.6) is 5.75 Å². The summed E-state index contributed by atoms with van der Waals surface area (Å²) in [5.41, 5.74) is 2.69. The summed E-state index contributed by atoms with van der Waals surface area (Å²) in [6.45, 7) is 3.99. The third-order valence-electron chi connectivity index (χ3n) is 3.15. The van der Waals surface area contributed by atoms with E-state index in [1.807, 2.05) is 44.2 Å². The number of methoxy groups -OCH3 is 1. The van der Waals surface area contributed by atoms with Crippen molar-refractivity contribution in [2.24, 2.45) is 0 Å². The summed E-state index contributed by atoms with van der Waals surface area (Å²) >= 11 is 1.64. The molecule has 22 heavy (non-hydrogen) atoms. The molecular weight excluding hydrogens is 296 g/mol. The SMILES string of the molecule is COc1ccccc1Nc1nccc(-c2sc(C)nc2C)n1. The minimum absolute atomic E-state index is 0.535. The zero-order valence-electron chi connectivity index (χ0n) is 12.6. The number of aromatic nitrogens is 3.